The summed E-state index contributed by atoms with van der Waals surface area (Å²) in [5.41, 5.74) is -0.205. The van der Waals surface area contributed by atoms with Crippen molar-refractivity contribution in [2.75, 3.05) is 7.11 Å². The standard InChI is InChI=1S/C9H8F2INO3/c1-16-9-7(12)5(8(10)11)2-4(13-9)3-6(14)15/h2,8H,3H2,1H3,(H,14,15). The molecule has 4 nitrogen and oxygen atoms in total. The van der Waals surface area contributed by atoms with Crippen molar-refractivity contribution >= 4 is 28.6 Å². The van der Waals surface area contributed by atoms with Crippen LogP contribution in [0, 0.1) is 3.57 Å². The lowest BCUT2D eigenvalue weighted by molar-refractivity contribution is -0.136. The van der Waals surface area contributed by atoms with E-state index in [1.165, 1.54) is 7.11 Å². The van der Waals surface area contributed by atoms with Gasteiger partial charge in [0.25, 0.3) is 6.43 Å². The van der Waals surface area contributed by atoms with Crippen LogP contribution in [0.1, 0.15) is 17.7 Å². The van der Waals surface area contributed by atoms with Crippen LogP contribution >= 0.6 is 22.6 Å². The fourth-order valence-corrected chi connectivity index (χ4v) is 1.85. The Hall–Kier alpha value is -0.990. The molecule has 1 N–H and O–H groups in total. The van der Waals surface area contributed by atoms with E-state index in [-0.39, 0.29) is 20.7 Å². The molecule has 0 amide bonds. The molecule has 0 fully saturated rings. The van der Waals surface area contributed by atoms with Crippen molar-refractivity contribution in [2.24, 2.45) is 0 Å². The Labute approximate surface area is 104 Å². The smallest absolute Gasteiger partial charge is 0.309 e. The second kappa shape index (κ2) is 5.37. The van der Waals surface area contributed by atoms with E-state index >= 15 is 0 Å². The number of alkyl halides is 2. The van der Waals surface area contributed by atoms with Gasteiger partial charge >= 0.3 is 5.97 Å². The van der Waals surface area contributed by atoms with Crippen LogP contribution in [-0.2, 0) is 11.2 Å². The van der Waals surface area contributed by atoms with Crippen LogP contribution in [0.15, 0.2) is 6.07 Å². The Balaban J connectivity index is 3.22. The van der Waals surface area contributed by atoms with Gasteiger partial charge in [0.1, 0.15) is 0 Å². The Morgan fingerprint density at radius 3 is 2.75 bits per heavy atom. The molecular formula is C9H8F2INO3. The molecule has 0 unspecified atom stereocenters. The number of aromatic nitrogens is 1. The van der Waals surface area contributed by atoms with Crippen LogP contribution in [0.25, 0.3) is 0 Å². The first-order valence-electron chi connectivity index (χ1n) is 4.19. The number of carboxylic acid groups (broad SMARTS) is 1. The summed E-state index contributed by atoms with van der Waals surface area (Å²) in [6.45, 7) is 0. The van der Waals surface area contributed by atoms with E-state index in [2.05, 4.69) is 4.98 Å². The molecule has 0 spiro atoms. The summed E-state index contributed by atoms with van der Waals surface area (Å²) in [6.07, 6.45) is -3.09. The number of aliphatic carboxylic acids is 1. The van der Waals surface area contributed by atoms with Gasteiger partial charge in [0.15, 0.2) is 0 Å². The topological polar surface area (TPSA) is 59.4 Å². The molecule has 0 aromatic carbocycles. The number of hydrogen-bond acceptors (Lipinski definition) is 3. The number of pyridine rings is 1. The van der Waals surface area contributed by atoms with Crippen molar-refractivity contribution in [1.29, 1.82) is 0 Å². The average Bonchev–Trinajstić information content (AvgIpc) is 2.19. The third-order valence-electron chi connectivity index (χ3n) is 1.77. The molecular weight excluding hydrogens is 335 g/mol. The van der Waals surface area contributed by atoms with E-state index in [1.54, 1.807) is 22.6 Å². The predicted molar refractivity (Wildman–Crippen MR) is 59.8 cm³/mol. The Morgan fingerprint density at radius 2 is 2.31 bits per heavy atom. The van der Waals surface area contributed by atoms with Gasteiger partial charge < -0.3 is 9.84 Å². The fraction of sp³-hybridized carbons (Fsp3) is 0.333. The number of ether oxygens (including phenoxy) is 1. The molecule has 7 heteroatoms. The lowest BCUT2D eigenvalue weighted by Crippen LogP contribution is -2.06. The SMILES string of the molecule is COc1nc(CC(=O)O)cc(C(F)F)c1I. The summed E-state index contributed by atoms with van der Waals surface area (Å²) in [5, 5.41) is 8.56. The number of methoxy groups -OCH3 is 1. The van der Waals surface area contributed by atoms with E-state index in [0.717, 1.165) is 6.07 Å². The quantitative estimate of drug-likeness (QED) is 0.852. The first kappa shape index (κ1) is 13.1. The minimum absolute atomic E-state index is 0.0228. The van der Waals surface area contributed by atoms with Crippen molar-refractivity contribution in [3.63, 3.8) is 0 Å². The molecule has 0 atom stereocenters. The number of halogens is 3. The minimum Gasteiger partial charge on any atom is -0.481 e. The van der Waals surface area contributed by atoms with Gasteiger partial charge in [-0.1, -0.05) is 0 Å². The monoisotopic (exact) mass is 343 g/mol. The number of carboxylic acids is 1. The third kappa shape index (κ3) is 3.00. The summed E-state index contributed by atoms with van der Waals surface area (Å²) in [7, 11) is 1.30. The molecule has 0 bridgehead atoms. The van der Waals surface area contributed by atoms with E-state index in [0.29, 0.717) is 0 Å². The van der Waals surface area contributed by atoms with Crippen LogP contribution in [0.5, 0.6) is 5.88 Å². The van der Waals surface area contributed by atoms with Gasteiger partial charge in [-0.3, -0.25) is 4.79 Å². The van der Waals surface area contributed by atoms with Gasteiger partial charge in [-0.05, 0) is 28.7 Å². The van der Waals surface area contributed by atoms with Crippen LogP contribution in [0.4, 0.5) is 8.78 Å². The average molecular weight is 343 g/mol. The Kier molecular flexibility index (Phi) is 4.39. The van der Waals surface area contributed by atoms with Crippen molar-refractivity contribution in [1.82, 2.24) is 4.98 Å². The van der Waals surface area contributed by atoms with Crippen molar-refractivity contribution in [3.05, 3.63) is 20.9 Å². The van der Waals surface area contributed by atoms with E-state index < -0.39 is 18.8 Å². The highest BCUT2D eigenvalue weighted by Gasteiger charge is 2.18. The normalized spacial score (nSPS) is 10.6. The Bertz CT molecular complexity index is 412. The molecule has 0 radical (unpaired) electrons. The highest BCUT2D eigenvalue weighted by atomic mass is 127. The highest BCUT2D eigenvalue weighted by molar-refractivity contribution is 14.1. The second-order valence-corrected chi connectivity index (χ2v) is 3.98. The third-order valence-corrected chi connectivity index (χ3v) is 2.85. The molecule has 1 aromatic heterocycles. The molecule has 0 aliphatic heterocycles. The van der Waals surface area contributed by atoms with E-state index in [9.17, 15) is 13.6 Å². The molecule has 1 rings (SSSR count). The zero-order valence-corrected chi connectivity index (χ0v) is 10.4. The summed E-state index contributed by atoms with van der Waals surface area (Å²) >= 11 is 1.69. The summed E-state index contributed by atoms with van der Waals surface area (Å²) in [6, 6.07) is 1.09. The van der Waals surface area contributed by atoms with Gasteiger partial charge in [-0.15, -0.1) is 0 Å². The zero-order chi connectivity index (χ0) is 12.3. The molecule has 88 valence electrons. The van der Waals surface area contributed by atoms with Crippen molar-refractivity contribution in [2.45, 2.75) is 12.8 Å². The maximum atomic E-state index is 12.6. The van der Waals surface area contributed by atoms with Crippen molar-refractivity contribution < 1.29 is 23.4 Å². The number of rotatable bonds is 4. The number of nitrogens with zero attached hydrogens (tertiary/aromatic N) is 1. The lowest BCUT2D eigenvalue weighted by Gasteiger charge is -2.09. The molecule has 0 saturated carbocycles. The van der Waals surface area contributed by atoms with Crippen LogP contribution < -0.4 is 4.74 Å². The zero-order valence-electron chi connectivity index (χ0n) is 8.21. The summed E-state index contributed by atoms with van der Waals surface area (Å²) < 4.78 is 30.3. The molecule has 0 aliphatic rings. The minimum atomic E-state index is -2.68. The molecule has 16 heavy (non-hydrogen) atoms. The van der Waals surface area contributed by atoms with Gasteiger partial charge in [-0.25, -0.2) is 13.8 Å². The second-order valence-electron chi connectivity index (χ2n) is 2.90. The fourth-order valence-electron chi connectivity index (χ4n) is 1.12. The molecule has 0 aliphatic carbocycles. The van der Waals surface area contributed by atoms with Gasteiger partial charge in [0.2, 0.25) is 5.88 Å². The summed E-state index contributed by atoms with van der Waals surface area (Å²) in [5.74, 6) is -1.11. The molecule has 0 saturated heterocycles. The van der Waals surface area contributed by atoms with E-state index in [1.807, 2.05) is 0 Å². The van der Waals surface area contributed by atoms with Crippen LogP contribution in [-0.4, -0.2) is 23.2 Å². The lowest BCUT2D eigenvalue weighted by atomic mass is 10.2. The van der Waals surface area contributed by atoms with Gasteiger partial charge in [0, 0.05) is 5.56 Å². The number of carbonyl (C=O) groups is 1. The van der Waals surface area contributed by atoms with Crippen molar-refractivity contribution in [3.8, 4) is 5.88 Å². The van der Waals surface area contributed by atoms with E-state index in [4.69, 9.17) is 9.84 Å². The predicted octanol–water partition coefficient (Wildman–Crippen LogP) is 2.26. The maximum Gasteiger partial charge on any atom is 0.309 e. The first-order valence-corrected chi connectivity index (χ1v) is 5.26. The van der Waals surface area contributed by atoms with Crippen LogP contribution in [0.2, 0.25) is 0 Å². The maximum absolute atomic E-state index is 12.6. The van der Waals surface area contributed by atoms with Crippen LogP contribution in [0.3, 0.4) is 0 Å². The van der Waals surface area contributed by atoms with Gasteiger partial charge in [-0.2, -0.15) is 0 Å². The first-order chi connectivity index (χ1) is 7.45. The Morgan fingerprint density at radius 1 is 1.69 bits per heavy atom. The molecule has 1 aromatic rings. The largest absolute Gasteiger partial charge is 0.481 e. The number of hydrogen-bond donors (Lipinski definition) is 1. The van der Waals surface area contributed by atoms with Gasteiger partial charge in [0.05, 0.1) is 22.8 Å². The highest BCUT2D eigenvalue weighted by Crippen LogP contribution is 2.30. The molecule has 1 heterocycles. The summed E-state index contributed by atoms with van der Waals surface area (Å²) in [4.78, 5) is 14.3.